The van der Waals surface area contributed by atoms with Gasteiger partial charge in [-0.3, -0.25) is 14.9 Å². The first-order chi connectivity index (χ1) is 13.3. The molecule has 0 atom stereocenters. The van der Waals surface area contributed by atoms with Gasteiger partial charge in [-0.15, -0.1) is 0 Å². The third-order valence-corrected chi connectivity index (χ3v) is 5.82. The van der Waals surface area contributed by atoms with Gasteiger partial charge in [0.1, 0.15) is 4.90 Å². The number of carbonyl (C=O) groups is 2. The standard InChI is InChI=1S/C18H14ClNO6S2/c1-2-25-14-9-11(10-15-17(21)20-18(22)27-15)8-13(19)16(14)26-28(23,24)12-6-4-3-5-7-12/h3-10H,2H2,1H3,(H,20,21,22)/b15-10-. The van der Waals surface area contributed by atoms with Crippen molar-refractivity contribution in [2.75, 3.05) is 6.61 Å². The van der Waals surface area contributed by atoms with Gasteiger partial charge in [-0.05, 0) is 54.6 Å². The maximum absolute atomic E-state index is 12.5. The lowest BCUT2D eigenvalue weighted by Crippen LogP contribution is -2.17. The molecular formula is C18H14ClNO6S2. The van der Waals surface area contributed by atoms with Crippen molar-refractivity contribution in [1.82, 2.24) is 5.32 Å². The first kappa shape index (κ1) is 20.2. The molecule has 0 aromatic heterocycles. The van der Waals surface area contributed by atoms with Gasteiger partial charge in [0.15, 0.2) is 5.75 Å². The molecule has 1 aliphatic rings. The second-order valence-corrected chi connectivity index (χ2v) is 8.43. The fraction of sp³-hybridized carbons (Fsp3) is 0.111. The number of halogens is 1. The minimum absolute atomic E-state index is 0.0213. The summed E-state index contributed by atoms with van der Waals surface area (Å²) < 4.78 is 35.7. The number of nitrogens with one attached hydrogen (secondary N) is 1. The quantitative estimate of drug-likeness (QED) is 0.539. The van der Waals surface area contributed by atoms with Crippen LogP contribution in [0.15, 0.2) is 52.3 Å². The zero-order chi connectivity index (χ0) is 20.3. The van der Waals surface area contributed by atoms with Crippen LogP contribution in [0.25, 0.3) is 6.08 Å². The number of thioether (sulfide) groups is 1. The van der Waals surface area contributed by atoms with Crippen LogP contribution in [0.5, 0.6) is 11.5 Å². The Bertz CT molecular complexity index is 1070. The van der Waals surface area contributed by atoms with Crippen molar-refractivity contribution in [3.8, 4) is 11.5 Å². The first-order valence-corrected chi connectivity index (χ1v) is 10.6. The number of ether oxygens (including phenoxy) is 1. The zero-order valence-electron chi connectivity index (χ0n) is 14.5. The third-order valence-electron chi connectivity index (χ3n) is 3.50. The average molecular weight is 440 g/mol. The Morgan fingerprint density at radius 3 is 2.50 bits per heavy atom. The van der Waals surface area contributed by atoms with Crippen LogP contribution in [0, 0.1) is 0 Å². The van der Waals surface area contributed by atoms with Crippen molar-refractivity contribution in [1.29, 1.82) is 0 Å². The number of amides is 2. The molecule has 1 aliphatic heterocycles. The molecule has 1 fully saturated rings. The Labute approximate surface area is 170 Å². The number of hydrogen-bond donors (Lipinski definition) is 1. The van der Waals surface area contributed by atoms with E-state index in [4.69, 9.17) is 20.5 Å². The molecule has 1 saturated heterocycles. The lowest BCUT2D eigenvalue weighted by atomic mass is 10.2. The lowest BCUT2D eigenvalue weighted by Gasteiger charge is -2.14. The highest BCUT2D eigenvalue weighted by atomic mass is 35.5. The van der Waals surface area contributed by atoms with Crippen molar-refractivity contribution in [3.05, 3.63) is 58.0 Å². The van der Waals surface area contributed by atoms with Crippen LogP contribution in [0.1, 0.15) is 12.5 Å². The normalized spacial score (nSPS) is 15.6. The summed E-state index contributed by atoms with van der Waals surface area (Å²) in [6.07, 6.45) is 1.45. The summed E-state index contributed by atoms with van der Waals surface area (Å²) in [6.45, 7) is 1.94. The van der Waals surface area contributed by atoms with Crippen LogP contribution in [0.2, 0.25) is 5.02 Å². The van der Waals surface area contributed by atoms with Crippen molar-refractivity contribution in [2.24, 2.45) is 0 Å². The van der Waals surface area contributed by atoms with Crippen LogP contribution in [-0.2, 0) is 14.9 Å². The molecule has 28 heavy (non-hydrogen) atoms. The number of imide groups is 1. The van der Waals surface area contributed by atoms with E-state index in [0.717, 1.165) is 11.8 Å². The summed E-state index contributed by atoms with van der Waals surface area (Å²) in [6, 6.07) is 10.5. The van der Waals surface area contributed by atoms with E-state index < -0.39 is 21.3 Å². The summed E-state index contributed by atoms with van der Waals surface area (Å²) in [4.78, 5) is 23.2. The van der Waals surface area contributed by atoms with E-state index in [2.05, 4.69) is 5.32 Å². The van der Waals surface area contributed by atoms with Crippen LogP contribution in [0.4, 0.5) is 4.79 Å². The first-order valence-electron chi connectivity index (χ1n) is 8.01. The predicted octanol–water partition coefficient (Wildman–Crippen LogP) is 3.83. The van der Waals surface area contributed by atoms with Crippen molar-refractivity contribution < 1.29 is 26.9 Å². The van der Waals surface area contributed by atoms with Crippen LogP contribution >= 0.6 is 23.4 Å². The molecule has 2 aromatic carbocycles. The molecule has 146 valence electrons. The lowest BCUT2D eigenvalue weighted by molar-refractivity contribution is -0.115. The fourth-order valence-electron chi connectivity index (χ4n) is 2.33. The molecule has 0 unspecified atom stereocenters. The Hall–Kier alpha value is -2.49. The van der Waals surface area contributed by atoms with Gasteiger partial charge in [0.2, 0.25) is 5.75 Å². The molecule has 2 aromatic rings. The molecule has 3 rings (SSSR count). The van der Waals surface area contributed by atoms with Crippen LogP contribution < -0.4 is 14.2 Å². The number of rotatable bonds is 6. The number of carbonyl (C=O) groups excluding carboxylic acids is 2. The van der Waals surface area contributed by atoms with Gasteiger partial charge in [0.25, 0.3) is 11.1 Å². The highest BCUT2D eigenvalue weighted by Crippen LogP contribution is 2.39. The van der Waals surface area contributed by atoms with Gasteiger partial charge < -0.3 is 8.92 Å². The van der Waals surface area contributed by atoms with E-state index in [1.807, 2.05) is 0 Å². The highest BCUT2D eigenvalue weighted by Gasteiger charge is 2.26. The van der Waals surface area contributed by atoms with E-state index in [9.17, 15) is 18.0 Å². The Morgan fingerprint density at radius 1 is 1.18 bits per heavy atom. The van der Waals surface area contributed by atoms with Crippen molar-refractivity contribution in [2.45, 2.75) is 11.8 Å². The second-order valence-electron chi connectivity index (χ2n) is 5.47. The van der Waals surface area contributed by atoms with E-state index in [0.29, 0.717) is 5.56 Å². The summed E-state index contributed by atoms with van der Waals surface area (Å²) in [7, 11) is -4.12. The molecule has 1 heterocycles. The minimum atomic E-state index is -4.12. The fourth-order valence-corrected chi connectivity index (χ4v) is 4.30. The molecule has 0 bridgehead atoms. The van der Waals surface area contributed by atoms with Gasteiger partial charge in [-0.1, -0.05) is 29.8 Å². The predicted molar refractivity (Wildman–Crippen MR) is 106 cm³/mol. The minimum Gasteiger partial charge on any atom is -0.490 e. The van der Waals surface area contributed by atoms with Gasteiger partial charge in [-0.25, -0.2) is 0 Å². The SMILES string of the molecule is CCOc1cc(/C=C2\SC(=O)NC2=O)cc(Cl)c1OS(=O)(=O)c1ccccc1. The van der Waals surface area contributed by atoms with E-state index in [1.54, 1.807) is 25.1 Å². The maximum atomic E-state index is 12.5. The average Bonchev–Trinajstić information content (AvgIpc) is 2.96. The summed E-state index contributed by atoms with van der Waals surface area (Å²) in [5.74, 6) is -0.582. The Kier molecular flexibility index (Phi) is 5.97. The Morgan fingerprint density at radius 2 is 1.89 bits per heavy atom. The zero-order valence-corrected chi connectivity index (χ0v) is 16.9. The number of hydrogen-bond acceptors (Lipinski definition) is 7. The molecular weight excluding hydrogens is 426 g/mol. The molecule has 10 heteroatoms. The monoisotopic (exact) mass is 439 g/mol. The van der Waals surface area contributed by atoms with E-state index in [1.165, 1.54) is 30.3 Å². The summed E-state index contributed by atoms with van der Waals surface area (Å²) in [5, 5.41) is 1.66. The van der Waals surface area contributed by atoms with Gasteiger partial charge in [0, 0.05) is 0 Å². The summed E-state index contributed by atoms with van der Waals surface area (Å²) >= 11 is 7.00. The second kappa shape index (κ2) is 8.26. The molecule has 1 N–H and O–H groups in total. The van der Waals surface area contributed by atoms with Gasteiger partial charge in [0.05, 0.1) is 16.5 Å². The Balaban J connectivity index is 1.99. The maximum Gasteiger partial charge on any atom is 0.339 e. The van der Waals surface area contributed by atoms with Gasteiger partial charge in [-0.2, -0.15) is 8.42 Å². The van der Waals surface area contributed by atoms with Crippen molar-refractivity contribution >= 4 is 50.7 Å². The van der Waals surface area contributed by atoms with E-state index in [-0.39, 0.29) is 32.9 Å². The van der Waals surface area contributed by atoms with Crippen molar-refractivity contribution in [3.63, 3.8) is 0 Å². The molecule has 7 nitrogen and oxygen atoms in total. The molecule has 0 saturated carbocycles. The van der Waals surface area contributed by atoms with Gasteiger partial charge >= 0.3 is 10.1 Å². The smallest absolute Gasteiger partial charge is 0.339 e. The van der Waals surface area contributed by atoms with Crippen LogP contribution in [0.3, 0.4) is 0 Å². The molecule has 0 radical (unpaired) electrons. The molecule has 2 amide bonds. The largest absolute Gasteiger partial charge is 0.490 e. The van der Waals surface area contributed by atoms with Crippen LogP contribution in [-0.4, -0.2) is 26.2 Å². The highest BCUT2D eigenvalue weighted by molar-refractivity contribution is 8.18. The topological polar surface area (TPSA) is 98.8 Å². The molecule has 0 aliphatic carbocycles. The number of benzene rings is 2. The van der Waals surface area contributed by atoms with E-state index >= 15 is 0 Å². The summed E-state index contributed by atoms with van der Waals surface area (Å²) in [5.41, 5.74) is 0.449. The third kappa shape index (κ3) is 4.49. The molecule has 0 spiro atoms.